The molecule has 2 fully saturated rings. The fraction of sp³-hybridized carbons (Fsp3) is 0.500. The van der Waals surface area contributed by atoms with E-state index in [1.54, 1.807) is 0 Å². The number of alkyl carbamates (subject to hydrolysis) is 1. The summed E-state index contributed by atoms with van der Waals surface area (Å²) in [6, 6.07) is 10.0. The fourth-order valence-electron chi connectivity index (χ4n) is 3.00. The molecule has 0 aliphatic carbocycles. The number of rotatable bonds is 3. The van der Waals surface area contributed by atoms with E-state index in [0.717, 1.165) is 19.3 Å². The average Bonchev–Trinajstić information content (AvgIpc) is 2.87. The molecular weight excluding hydrogens is 268 g/mol. The highest BCUT2D eigenvalue weighted by molar-refractivity contribution is 5.76. The van der Waals surface area contributed by atoms with Crippen molar-refractivity contribution in [1.82, 2.24) is 10.2 Å². The molecule has 0 saturated carbocycles. The number of nitrogens with one attached hydrogen (secondary N) is 1. The van der Waals surface area contributed by atoms with E-state index in [4.69, 9.17) is 4.74 Å². The van der Waals surface area contributed by atoms with Crippen LogP contribution in [0.5, 0.6) is 0 Å². The van der Waals surface area contributed by atoms with Gasteiger partial charge < -0.3 is 15.0 Å². The Kier molecular flexibility index (Phi) is 3.82. The second kappa shape index (κ2) is 5.76. The highest BCUT2D eigenvalue weighted by Crippen LogP contribution is 2.29. The molecule has 1 N–H and O–H groups in total. The molecule has 1 aromatic carbocycles. The Bertz CT molecular complexity index is 522. The third-order valence-corrected chi connectivity index (χ3v) is 4.36. The molecule has 3 rings (SSSR count). The van der Waals surface area contributed by atoms with Gasteiger partial charge in [0.1, 0.15) is 5.60 Å². The minimum absolute atomic E-state index is 0.186. The zero-order chi connectivity index (χ0) is 14.7. The molecule has 1 spiro atoms. The summed E-state index contributed by atoms with van der Waals surface area (Å²) in [5.41, 5.74) is 0.807. The molecule has 0 unspecified atom stereocenters. The van der Waals surface area contributed by atoms with Crippen LogP contribution in [0.3, 0.4) is 0 Å². The van der Waals surface area contributed by atoms with Gasteiger partial charge in [0.25, 0.3) is 0 Å². The monoisotopic (exact) mass is 288 g/mol. The summed E-state index contributed by atoms with van der Waals surface area (Å²) < 4.78 is 5.36. The van der Waals surface area contributed by atoms with Crippen molar-refractivity contribution in [3.63, 3.8) is 0 Å². The molecule has 5 heteroatoms. The fourth-order valence-corrected chi connectivity index (χ4v) is 3.00. The SMILES string of the molecule is O=C1NCC2(CCN(C(=O)CCc3ccccc3)CC2)O1. The van der Waals surface area contributed by atoms with Gasteiger partial charge in [-0.3, -0.25) is 4.79 Å². The standard InChI is InChI=1S/C16H20N2O3/c19-14(7-6-13-4-2-1-3-5-13)18-10-8-16(9-11-18)12-17-15(20)21-16/h1-5H,6-12H2,(H,17,20). The second-order valence-corrected chi connectivity index (χ2v) is 5.79. The zero-order valence-corrected chi connectivity index (χ0v) is 12.0. The molecule has 21 heavy (non-hydrogen) atoms. The predicted molar refractivity (Wildman–Crippen MR) is 77.8 cm³/mol. The molecule has 2 heterocycles. The summed E-state index contributed by atoms with van der Waals surface area (Å²) in [7, 11) is 0. The summed E-state index contributed by atoms with van der Waals surface area (Å²) in [6.45, 7) is 1.91. The Balaban J connectivity index is 1.48. The van der Waals surface area contributed by atoms with Crippen LogP contribution in [0.2, 0.25) is 0 Å². The van der Waals surface area contributed by atoms with Crippen LogP contribution in [0.1, 0.15) is 24.8 Å². The minimum atomic E-state index is -0.382. The van der Waals surface area contributed by atoms with Crippen LogP contribution in [0.4, 0.5) is 4.79 Å². The third-order valence-electron chi connectivity index (χ3n) is 4.36. The Labute approximate surface area is 124 Å². The minimum Gasteiger partial charge on any atom is -0.441 e. The first-order valence-corrected chi connectivity index (χ1v) is 7.45. The van der Waals surface area contributed by atoms with E-state index < -0.39 is 0 Å². The number of piperidine rings is 1. The first-order valence-electron chi connectivity index (χ1n) is 7.45. The lowest BCUT2D eigenvalue weighted by Gasteiger charge is -2.37. The van der Waals surface area contributed by atoms with Crippen LogP contribution in [0, 0.1) is 0 Å². The van der Waals surface area contributed by atoms with Crippen molar-refractivity contribution in [1.29, 1.82) is 0 Å². The number of carbonyl (C=O) groups excluding carboxylic acids is 2. The molecule has 2 saturated heterocycles. The van der Waals surface area contributed by atoms with E-state index in [0.29, 0.717) is 26.1 Å². The normalized spacial score (nSPS) is 20.2. The highest BCUT2D eigenvalue weighted by atomic mass is 16.6. The molecule has 0 atom stereocenters. The van der Waals surface area contributed by atoms with Crippen molar-refractivity contribution in [2.75, 3.05) is 19.6 Å². The molecule has 5 nitrogen and oxygen atoms in total. The van der Waals surface area contributed by atoms with Crippen LogP contribution in [0.15, 0.2) is 30.3 Å². The number of benzene rings is 1. The van der Waals surface area contributed by atoms with Gasteiger partial charge in [-0.15, -0.1) is 0 Å². The van der Waals surface area contributed by atoms with E-state index in [1.807, 2.05) is 35.2 Å². The van der Waals surface area contributed by atoms with Crippen molar-refractivity contribution >= 4 is 12.0 Å². The lowest BCUT2D eigenvalue weighted by Crippen LogP contribution is -2.48. The second-order valence-electron chi connectivity index (χ2n) is 5.79. The summed E-state index contributed by atoms with van der Waals surface area (Å²) in [6.07, 6.45) is 2.43. The van der Waals surface area contributed by atoms with E-state index in [1.165, 1.54) is 5.56 Å². The molecule has 1 aromatic rings. The van der Waals surface area contributed by atoms with Gasteiger partial charge >= 0.3 is 6.09 Å². The number of hydrogen-bond acceptors (Lipinski definition) is 3. The van der Waals surface area contributed by atoms with Gasteiger partial charge in [-0.2, -0.15) is 0 Å². The van der Waals surface area contributed by atoms with Gasteiger partial charge in [0.15, 0.2) is 0 Å². The molecular formula is C16H20N2O3. The number of likely N-dealkylation sites (tertiary alicyclic amines) is 1. The van der Waals surface area contributed by atoms with Crippen molar-refractivity contribution in [3.05, 3.63) is 35.9 Å². The predicted octanol–water partition coefficient (Wildman–Crippen LogP) is 1.72. The van der Waals surface area contributed by atoms with E-state index in [-0.39, 0.29) is 17.6 Å². The van der Waals surface area contributed by atoms with Gasteiger partial charge in [-0.05, 0) is 12.0 Å². The third kappa shape index (κ3) is 3.17. The van der Waals surface area contributed by atoms with Crippen LogP contribution in [0.25, 0.3) is 0 Å². The smallest absolute Gasteiger partial charge is 0.407 e. The van der Waals surface area contributed by atoms with Crippen LogP contribution in [-0.2, 0) is 16.0 Å². The maximum Gasteiger partial charge on any atom is 0.407 e. The van der Waals surface area contributed by atoms with Gasteiger partial charge in [-0.1, -0.05) is 30.3 Å². The number of carbonyl (C=O) groups is 2. The molecule has 112 valence electrons. The molecule has 2 amide bonds. The largest absolute Gasteiger partial charge is 0.441 e. The quantitative estimate of drug-likeness (QED) is 0.921. The lowest BCUT2D eigenvalue weighted by molar-refractivity contribution is -0.134. The number of aryl methyl sites for hydroxylation is 1. The molecule has 0 aromatic heterocycles. The van der Waals surface area contributed by atoms with Gasteiger partial charge in [0.05, 0.1) is 6.54 Å². The molecule has 0 bridgehead atoms. The highest BCUT2D eigenvalue weighted by Gasteiger charge is 2.43. The average molecular weight is 288 g/mol. The van der Waals surface area contributed by atoms with Crippen LogP contribution in [-0.4, -0.2) is 42.1 Å². The first kappa shape index (κ1) is 13.9. The first-order chi connectivity index (χ1) is 10.2. The molecule has 2 aliphatic rings. The van der Waals surface area contributed by atoms with Crippen molar-refractivity contribution in [2.24, 2.45) is 0 Å². The summed E-state index contributed by atoms with van der Waals surface area (Å²) in [4.78, 5) is 25.3. The van der Waals surface area contributed by atoms with Crippen molar-refractivity contribution in [3.8, 4) is 0 Å². The molecule has 0 radical (unpaired) electrons. The van der Waals surface area contributed by atoms with Crippen LogP contribution >= 0.6 is 0 Å². The summed E-state index contributed by atoms with van der Waals surface area (Å²) in [5.74, 6) is 0.186. The number of nitrogens with zero attached hydrogens (tertiary/aromatic N) is 1. The topological polar surface area (TPSA) is 58.6 Å². The summed E-state index contributed by atoms with van der Waals surface area (Å²) >= 11 is 0. The van der Waals surface area contributed by atoms with Crippen molar-refractivity contribution < 1.29 is 14.3 Å². The number of amides is 2. The number of hydrogen-bond donors (Lipinski definition) is 1. The van der Waals surface area contributed by atoms with E-state index in [9.17, 15) is 9.59 Å². The maximum absolute atomic E-state index is 12.2. The molecule has 2 aliphatic heterocycles. The zero-order valence-electron chi connectivity index (χ0n) is 12.0. The van der Waals surface area contributed by atoms with E-state index >= 15 is 0 Å². The Hall–Kier alpha value is -2.04. The Morgan fingerprint density at radius 1 is 1.24 bits per heavy atom. The van der Waals surface area contributed by atoms with Crippen LogP contribution < -0.4 is 5.32 Å². The lowest BCUT2D eigenvalue weighted by atomic mass is 9.91. The van der Waals surface area contributed by atoms with Crippen molar-refractivity contribution in [2.45, 2.75) is 31.3 Å². The Morgan fingerprint density at radius 2 is 1.95 bits per heavy atom. The van der Waals surface area contributed by atoms with Gasteiger partial charge in [0.2, 0.25) is 5.91 Å². The van der Waals surface area contributed by atoms with E-state index in [2.05, 4.69) is 5.32 Å². The maximum atomic E-state index is 12.2. The van der Waals surface area contributed by atoms with Gasteiger partial charge in [0, 0.05) is 32.4 Å². The summed E-state index contributed by atoms with van der Waals surface area (Å²) in [5, 5.41) is 2.71. The van der Waals surface area contributed by atoms with Gasteiger partial charge in [-0.25, -0.2) is 4.79 Å². The Morgan fingerprint density at radius 3 is 2.57 bits per heavy atom. The number of ether oxygens (including phenoxy) is 1.